The van der Waals surface area contributed by atoms with Gasteiger partial charge in [-0.15, -0.1) is 12.6 Å². The number of hydrogen-bond donors (Lipinski definition) is 2. The van der Waals surface area contributed by atoms with Gasteiger partial charge in [-0.2, -0.15) is 13.2 Å². The van der Waals surface area contributed by atoms with Crippen molar-refractivity contribution in [2.24, 2.45) is 0 Å². The number of hydrogen-bond acceptors (Lipinski definition) is 2. The van der Waals surface area contributed by atoms with Gasteiger partial charge in [0.25, 0.3) is 5.91 Å². The molecular formula is C14H10F3NOS. The van der Waals surface area contributed by atoms with Crippen molar-refractivity contribution < 1.29 is 18.0 Å². The number of halogens is 3. The van der Waals surface area contributed by atoms with Crippen LogP contribution in [0.5, 0.6) is 0 Å². The van der Waals surface area contributed by atoms with Gasteiger partial charge in [-0.3, -0.25) is 4.79 Å². The predicted molar refractivity (Wildman–Crippen MR) is 73.1 cm³/mol. The number of carbonyl (C=O) groups excluding carboxylic acids is 1. The molecule has 0 saturated carbocycles. The number of carbonyl (C=O) groups is 1. The van der Waals surface area contributed by atoms with E-state index < -0.39 is 17.6 Å². The Hall–Kier alpha value is -1.95. The lowest BCUT2D eigenvalue weighted by Gasteiger charge is -2.13. The van der Waals surface area contributed by atoms with Gasteiger partial charge in [0.1, 0.15) is 0 Å². The summed E-state index contributed by atoms with van der Waals surface area (Å²) in [6.07, 6.45) is -4.52. The van der Waals surface area contributed by atoms with Crippen molar-refractivity contribution in [3.8, 4) is 0 Å². The van der Waals surface area contributed by atoms with Crippen LogP contribution in [-0.2, 0) is 6.18 Å². The second-order valence-corrected chi connectivity index (χ2v) is 4.56. The molecule has 0 atom stereocenters. The van der Waals surface area contributed by atoms with Gasteiger partial charge in [0.05, 0.1) is 11.3 Å². The Morgan fingerprint density at radius 2 is 1.75 bits per heavy atom. The topological polar surface area (TPSA) is 29.1 Å². The zero-order valence-electron chi connectivity index (χ0n) is 10.1. The first-order chi connectivity index (χ1) is 9.38. The smallest absolute Gasteiger partial charge is 0.321 e. The Bertz CT molecular complexity index is 640. The number of thiol groups is 1. The first-order valence-electron chi connectivity index (χ1n) is 5.64. The number of benzene rings is 2. The summed E-state index contributed by atoms with van der Waals surface area (Å²) in [5.41, 5.74) is -0.903. The van der Waals surface area contributed by atoms with Gasteiger partial charge in [0.15, 0.2) is 0 Å². The molecule has 2 nitrogen and oxygen atoms in total. The van der Waals surface area contributed by atoms with Crippen LogP contribution in [0.2, 0.25) is 0 Å². The number of amides is 1. The summed E-state index contributed by atoms with van der Waals surface area (Å²) in [6, 6.07) is 11.1. The third kappa shape index (κ3) is 3.33. The summed E-state index contributed by atoms with van der Waals surface area (Å²) in [5.74, 6) is -0.613. The molecule has 2 aromatic carbocycles. The number of alkyl halides is 3. The van der Waals surface area contributed by atoms with Crippen molar-refractivity contribution in [3.63, 3.8) is 0 Å². The van der Waals surface area contributed by atoms with Crippen molar-refractivity contribution in [2.75, 3.05) is 5.32 Å². The molecule has 0 heterocycles. The first kappa shape index (κ1) is 14.5. The van der Waals surface area contributed by atoms with Crippen molar-refractivity contribution in [1.29, 1.82) is 0 Å². The summed E-state index contributed by atoms with van der Waals surface area (Å²) in [7, 11) is 0. The Labute approximate surface area is 119 Å². The minimum absolute atomic E-state index is 0.245. The van der Waals surface area contributed by atoms with Gasteiger partial charge in [-0.1, -0.05) is 18.2 Å². The summed E-state index contributed by atoms with van der Waals surface area (Å²) < 4.78 is 38.4. The molecule has 0 saturated heterocycles. The summed E-state index contributed by atoms with van der Waals surface area (Å²) in [5, 5.41) is 2.27. The predicted octanol–water partition coefficient (Wildman–Crippen LogP) is 4.25. The minimum Gasteiger partial charge on any atom is -0.321 e. The molecule has 0 aliphatic heterocycles. The first-order valence-corrected chi connectivity index (χ1v) is 6.09. The average molecular weight is 297 g/mol. The number of nitrogens with one attached hydrogen (secondary N) is 1. The normalized spacial score (nSPS) is 11.2. The Kier molecular flexibility index (Phi) is 4.04. The van der Waals surface area contributed by atoms with Crippen LogP contribution in [0, 0.1) is 0 Å². The van der Waals surface area contributed by atoms with E-state index in [1.165, 1.54) is 30.3 Å². The van der Waals surface area contributed by atoms with Crippen molar-refractivity contribution in [1.82, 2.24) is 0 Å². The highest BCUT2D eigenvalue weighted by Crippen LogP contribution is 2.34. The van der Waals surface area contributed by atoms with Gasteiger partial charge in [-0.25, -0.2) is 0 Å². The maximum atomic E-state index is 12.8. The standard InChI is InChI=1S/C14H10F3NOS/c15-14(16,17)11-6-1-2-7-12(11)18-13(19)9-4-3-5-10(20)8-9/h1-8,20H,(H,18,19). The van der Waals surface area contributed by atoms with E-state index in [1.807, 2.05) is 0 Å². The lowest BCUT2D eigenvalue weighted by atomic mass is 10.1. The fourth-order valence-corrected chi connectivity index (χ4v) is 1.91. The largest absolute Gasteiger partial charge is 0.418 e. The minimum atomic E-state index is -4.52. The molecule has 0 unspecified atom stereocenters. The van der Waals surface area contributed by atoms with E-state index in [0.717, 1.165) is 6.07 Å². The quantitative estimate of drug-likeness (QED) is 0.797. The molecule has 0 fully saturated rings. The van der Waals surface area contributed by atoms with Crippen LogP contribution in [0.15, 0.2) is 53.4 Å². The third-order valence-corrected chi connectivity index (χ3v) is 2.87. The average Bonchev–Trinajstić information content (AvgIpc) is 2.38. The maximum absolute atomic E-state index is 12.8. The van der Waals surface area contributed by atoms with E-state index in [0.29, 0.717) is 4.90 Å². The third-order valence-electron chi connectivity index (χ3n) is 2.59. The second kappa shape index (κ2) is 5.58. The Morgan fingerprint density at radius 1 is 1.05 bits per heavy atom. The van der Waals surface area contributed by atoms with Crippen LogP contribution < -0.4 is 5.32 Å². The molecule has 0 radical (unpaired) electrons. The number of rotatable bonds is 2. The molecule has 1 amide bonds. The van der Waals surface area contributed by atoms with Crippen LogP contribution in [-0.4, -0.2) is 5.91 Å². The van der Waals surface area contributed by atoms with Crippen LogP contribution in [0.1, 0.15) is 15.9 Å². The van der Waals surface area contributed by atoms with E-state index in [-0.39, 0.29) is 11.3 Å². The van der Waals surface area contributed by atoms with Gasteiger partial charge in [0, 0.05) is 10.5 Å². The number of para-hydroxylation sites is 1. The molecule has 2 rings (SSSR count). The molecule has 0 spiro atoms. The summed E-state index contributed by atoms with van der Waals surface area (Å²) in [4.78, 5) is 12.5. The van der Waals surface area contributed by atoms with Gasteiger partial charge in [0.2, 0.25) is 0 Å². The Morgan fingerprint density at radius 3 is 2.40 bits per heavy atom. The molecule has 0 aromatic heterocycles. The highest BCUT2D eigenvalue weighted by atomic mass is 32.1. The lowest BCUT2D eigenvalue weighted by molar-refractivity contribution is -0.136. The van der Waals surface area contributed by atoms with Gasteiger partial charge in [-0.05, 0) is 30.3 Å². The van der Waals surface area contributed by atoms with Crippen LogP contribution in [0.3, 0.4) is 0 Å². The van der Waals surface area contributed by atoms with E-state index >= 15 is 0 Å². The summed E-state index contributed by atoms with van der Waals surface area (Å²) in [6.45, 7) is 0. The number of anilines is 1. The van der Waals surface area contributed by atoms with E-state index in [1.54, 1.807) is 12.1 Å². The van der Waals surface area contributed by atoms with Crippen molar-refractivity contribution >= 4 is 24.2 Å². The monoisotopic (exact) mass is 297 g/mol. The van der Waals surface area contributed by atoms with Gasteiger partial charge >= 0.3 is 6.18 Å². The molecule has 0 bridgehead atoms. The molecule has 6 heteroatoms. The SMILES string of the molecule is O=C(Nc1ccccc1C(F)(F)F)c1cccc(S)c1. The molecule has 20 heavy (non-hydrogen) atoms. The van der Waals surface area contributed by atoms with Crippen molar-refractivity contribution in [2.45, 2.75) is 11.1 Å². The maximum Gasteiger partial charge on any atom is 0.418 e. The van der Waals surface area contributed by atoms with Gasteiger partial charge < -0.3 is 5.32 Å². The zero-order valence-corrected chi connectivity index (χ0v) is 11.0. The highest BCUT2D eigenvalue weighted by Gasteiger charge is 2.33. The lowest BCUT2D eigenvalue weighted by Crippen LogP contribution is -2.16. The highest BCUT2D eigenvalue weighted by molar-refractivity contribution is 7.80. The second-order valence-electron chi connectivity index (χ2n) is 4.05. The molecule has 2 aromatic rings. The van der Waals surface area contributed by atoms with E-state index in [2.05, 4.69) is 17.9 Å². The molecular weight excluding hydrogens is 287 g/mol. The van der Waals surface area contributed by atoms with Crippen LogP contribution in [0.25, 0.3) is 0 Å². The molecule has 104 valence electrons. The molecule has 0 aliphatic carbocycles. The van der Waals surface area contributed by atoms with Crippen molar-refractivity contribution in [3.05, 3.63) is 59.7 Å². The van der Waals surface area contributed by atoms with Crippen LogP contribution >= 0.6 is 12.6 Å². The Balaban J connectivity index is 2.29. The van der Waals surface area contributed by atoms with Crippen LogP contribution in [0.4, 0.5) is 18.9 Å². The summed E-state index contributed by atoms with van der Waals surface area (Å²) >= 11 is 4.08. The fourth-order valence-electron chi connectivity index (χ4n) is 1.68. The van der Waals surface area contributed by atoms with E-state index in [9.17, 15) is 18.0 Å². The fraction of sp³-hybridized carbons (Fsp3) is 0.0714. The van der Waals surface area contributed by atoms with E-state index in [4.69, 9.17) is 0 Å². The zero-order chi connectivity index (χ0) is 14.8. The molecule has 1 N–H and O–H groups in total. The molecule has 0 aliphatic rings.